The maximum absolute atomic E-state index is 9.12. The second-order valence-electron chi connectivity index (χ2n) is 6.40. The molecule has 0 heterocycles. The van der Waals surface area contributed by atoms with E-state index in [0.29, 0.717) is 0 Å². The van der Waals surface area contributed by atoms with E-state index in [2.05, 4.69) is 13.0 Å². The molecule has 0 saturated carbocycles. The summed E-state index contributed by atoms with van der Waals surface area (Å²) in [6.07, 6.45) is 21.5. The first-order valence-electron chi connectivity index (χ1n) is 9.73. The maximum atomic E-state index is 9.12. The summed E-state index contributed by atoms with van der Waals surface area (Å²) in [6, 6.07) is 0. The third-order valence-electron chi connectivity index (χ3n) is 4.15. The number of rotatable bonds is 18. The van der Waals surface area contributed by atoms with Gasteiger partial charge in [-0.15, -0.1) is 0 Å². The molecule has 23 heavy (non-hydrogen) atoms. The van der Waals surface area contributed by atoms with Crippen LogP contribution in [0.1, 0.15) is 90.4 Å². The number of hydrogen-bond donors (Lipinski definition) is 1. The highest BCUT2D eigenvalue weighted by Gasteiger charge is 2.01. The van der Waals surface area contributed by atoms with Gasteiger partial charge in [-0.25, -0.2) is 0 Å². The quantitative estimate of drug-likeness (QED) is 0.202. The van der Waals surface area contributed by atoms with E-state index in [1.807, 2.05) is 6.08 Å². The fourth-order valence-electron chi connectivity index (χ4n) is 2.68. The number of allylic oxidation sites excluding steroid dienone is 1. The molecule has 0 aromatic heterocycles. The van der Waals surface area contributed by atoms with Crippen molar-refractivity contribution in [3.05, 3.63) is 12.2 Å². The van der Waals surface area contributed by atoms with Gasteiger partial charge in [0, 0.05) is 7.11 Å². The Hall–Kier alpha value is -0.380. The van der Waals surface area contributed by atoms with Crippen molar-refractivity contribution >= 4 is 0 Å². The number of unbranched alkanes of at least 4 members (excludes halogenated alkanes) is 12. The van der Waals surface area contributed by atoms with Crippen LogP contribution in [0.25, 0.3) is 0 Å². The average Bonchev–Trinajstić information content (AvgIpc) is 2.57. The van der Waals surface area contributed by atoms with Crippen molar-refractivity contribution in [1.29, 1.82) is 0 Å². The van der Waals surface area contributed by atoms with Crippen molar-refractivity contribution in [2.75, 3.05) is 20.5 Å². The Kier molecular flexibility index (Phi) is 19.3. The van der Waals surface area contributed by atoms with Crippen LogP contribution in [0.3, 0.4) is 0 Å². The highest BCUT2D eigenvalue weighted by Crippen LogP contribution is 2.12. The number of aliphatic hydroxyl groups is 1. The van der Waals surface area contributed by atoms with Gasteiger partial charge in [-0.05, 0) is 12.8 Å². The Balaban J connectivity index is 3.23. The van der Waals surface area contributed by atoms with E-state index in [1.54, 1.807) is 7.11 Å². The predicted octanol–water partition coefficient (Wildman–Crippen LogP) is 5.62. The second kappa shape index (κ2) is 19.7. The van der Waals surface area contributed by atoms with Gasteiger partial charge in [-0.3, -0.25) is 0 Å². The summed E-state index contributed by atoms with van der Waals surface area (Å²) in [7, 11) is 1.59. The molecule has 0 amide bonds. The minimum atomic E-state index is -0.229. The minimum Gasteiger partial charge on any atom is -0.393 e. The van der Waals surface area contributed by atoms with Gasteiger partial charge >= 0.3 is 0 Å². The second-order valence-corrected chi connectivity index (χ2v) is 6.40. The first-order chi connectivity index (χ1) is 11.3. The van der Waals surface area contributed by atoms with Crippen molar-refractivity contribution in [2.45, 2.75) is 96.5 Å². The third-order valence-corrected chi connectivity index (χ3v) is 4.15. The monoisotopic (exact) mass is 328 g/mol. The molecule has 0 aliphatic heterocycles. The summed E-state index contributed by atoms with van der Waals surface area (Å²) in [4.78, 5) is 0. The van der Waals surface area contributed by atoms with Crippen LogP contribution in [-0.2, 0) is 9.47 Å². The Morgan fingerprint density at radius 3 is 1.83 bits per heavy atom. The SMILES string of the molecule is CCCCCCCCCCCCCC/C=C\[C@H](CO)OCOC. The molecule has 0 spiro atoms. The van der Waals surface area contributed by atoms with Gasteiger partial charge in [0.05, 0.1) is 6.61 Å². The lowest BCUT2D eigenvalue weighted by atomic mass is 10.0. The molecule has 0 radical (unpaired) electrons. The molecule has 0 aliphatic carbocycles. The van der Waals surface area contributed by atoms with Crippen LogP contribution in [0.5, 0.6) is 0 Å². The third kappa shape index (κ3) is 17.8. The normalized spacial score (nSPS) is 13.0. The van der Waals surface area contributed by atoms with E-state index in [1.165, 1.54) is 77.0 Å². The number of ether oxygens (including phenoxy) is 2. The van der Waals surface area contributed by atoms with Crippen molar-refractivity contribution in [3.8, 4) is 0 Å². The fourth-order valence-corrected chi connectivity index (χ4v) is 2.68. The highest BCUT2D eigenvalue weighted by molar-refractivity contribution is 4.89. The van der Waals surface area contributed by atoms with Crippen LogP contribution in [-0.4, -0.2) is 31.7 Å². The summed E-state index contributed by atoms with van der Waals surface area (Å²) in [5.41, 5.74) is 0. The summed E-state index contributed by atoms with van der Waals surface area (Å²) in [6.45, 7) is 2.52. The van der Waals surface area contributed by atoms with Crippen molar-refractivity contribution < 1.29 is 14.6 Å². The molecule has 3 heteroatoms. The lowest BCUT2D eigenvalue weighted by Crippen LogP contribution is -2.16. The van der Waals surface area contributed by atoms with E-state index >= 15 is 0 Å². The molecule has 0 saturated heterocycles. The van der Waals surface area contributed by atoms with Gasteiger partial charge in [0.15, 0.2) is 0 Å². The van der Waals surface area contributed by atoms with Crippen molar-refractivity contribution in [3.63, 3.8) is 0 Å². The molecule has 0 unspecified atom stereocenters. The lowest BCUT2D eigenvalue weighted by molar-refractivity contribution is -0.0694. The maximum Gasteiger partial charge on any atom is 0.147 e. The Morgan fingerprint density at radius 2 is 1.35 bits per heavy atom. The largest absolute Gasteiger partial charge is 0.393 e. The van der Waals surface area contributed by atoms with E-state index in [9.17, 15) is 0 Å². The van der Waals surface area contributed by atoms with Crippen LogP contribution >= 0.6 is 0 Å². The number of hydrogen-bond acceptors (Lipinski definition) is 3. The topological polar surface area (TPSA) is 38.7 Å². The van der Waals surface area contributed by atoms with E-state index in [-0.39, 0.29) is 19.5 Å². The van der Waals surface area contributed by atoms with Crippen LogP contribution in [0.2, 0.25) is 0 Å². The molecule has 0 bridgehead atoms. The molecule has 138 valence electrons. The molecule has 1 atom stereocenters. The zero-order valence-corrected chi connectivity index (χ0v) is 15.6. The molecule has 0 fully saturated rings. The lowest BCUT2D eigenvalue weighted by Gasteiger charge is -2.09. The molecule has 1 N–H and O–H groups in total. The molecule has 0 rings (SSSR count). The van der Waals surface area contributed by atoms with Gasteiger partial charge in [0.25, 0.3) is 0 Å². The number of aliphatic hydroxyl groups excluding tert-OH is 1. The summed E-state index contributed by atoms with van der Waals surface area (Å²) in [5, 5.41) is 9.12. The highest BCUT2D eigenvalue weighted by atomic mass is 16.7. The fraction of sp³-hybridized carbons (Fsp3) is 0.900. The predicted molar refractivity (Wildman–Crippen MR) is 98.7 cm³/mol. The van der Waals surface area contributed by atoms with E-state index in [0.717, 1.165) is 6.42 Å². The zero-order valence-electron chi connectivity index (χ0n) is 15.6. The standard InChI is InChI=1S/C20H40O3/c1-3-4-5-6-7-8-9-10-11-12-13-14-15-16-17-20(18-21)23-19-22-2/h16-17,20-21H,3-15,18-19H2,1-2H3/b17-16-/t20-/m1/s1. The Labute approximate surface area is 144 Å². The summed E-state index contributed by atoms with van der Waals surface area (Å²) < 4.78 is 10.1. The van der Waals surface area contributed by atoms with Gasteiger partial charge in [0.2, 0.25) is 0 Å². The molecule has 3 nitrogen and oxygen atoms in total. The first-order valence-corrected chi connectivity index (χ1v) is 9.73. The van der Waals surface area contributed by atoms with Crippen molar-refractivity contribution in [1.82, 2.24) is 0 Å². The van der Waals surface area contributed by atoms with Crippen LogP contribution in [0.4, 0.5) is 0 Å². The van der Waals surface area contributed by atoms with Gasteiger partial charge in [0.1, 0.15) is 12.9 Å². The van der Waals surface area contributed by atoms with Crippen LogP contribution in [0, 0.1) is 0 Å². The Bertz CT molecular complexity index is 241. The van der Waals surface area contributed by atoms with E-state index < -0.39 is 0 Å². The van der Waals surface area contributed by atoms with Gasteiger partial charge in [-0.1, -0.05) is 89.7 Å². The minimum absolute atomic E-state index is 0.0122. The Morgan fingerprint density at radius 1 is 0.826 bits per heavy atom. The summed E-state index contributed by atoms with van der Waals surface area (Å²) >= 11 is 0. The van der Waals surface area contributed by atoms with Gasteiger partial charge < -0.3 is 14.6 Å². The smallest absolute Gasteiger partial charge is 0.147 e. The first kappa shape index (κ1) is 22.6. The van der Waals surface area contributed by atoms with Crippen LogP contribution < -0.4 is 0 Å². The number of methoxy groups -OCH3 is 1. The van der Waals surface area contributed by atoms with E-state index in [4.69, 9.17) is 14.6 Å². The molecule has 0 aliphatic rings. The van der Waals surface area contributed by atoms with Crippen molar-refractivity contribution in [2.24, 2.45) is 0 Å². The van der Waals surface area contributed by atoms with Gasteiger partial charge in [-0.2, -0.15) is 0 Å². The molecule has 0 aromatic rings. The molecular weight excluding hydrogens is 288 g/mol. The zero-order chi connectivity index (χ0) is 17.0. The average molecular weight is 329 g/mol. The van der Waals surface area contributed by atoms with Crippen LogP contribution in [0.15, 0.2) is 12.2 Å². The molecule has 0 aromatic carbocycles. The molecular formula is C20H40O3. The summed E-state index contributed by atoms with van der Waals surface area (Å²) in [5.74, 6) is 0.